The highest BCUT2D eigenvalue weighted by Gasteiger charge is 2.42. The standard InChI is InChI=1S/C26H25ClN4OS/c1-16-17(2)31(20-9-6-8-19(27)14-20)18(3)23(16)25-24(22-11-4-5-12-28-22)29-26(33)30(25)15-21-10-7-13-32-21/h4-14,24-25H,15H2,1-3H3,(H,29,33)/t24-,25+/m0/s1. The predicted molar refractivity (Wildman–Crippen MR) is 135 cm³/mol. The highest BCUT2D eigenvalue weighted by atomic mass is 35.5. The monoisotopic (exact) mass is 476 g/mol. The first kappa shape index (κ1) is 21.7. The average Bonchev–Trinajstić information content (AvgIpc) is 3.49. The van der Waals surface area contributed by atoms with Crippen molar-refractivity contribution in [3.05, 3.63) is 106 Å². The number of halogens is 1. The summed E-state index contributed by atoms with van der Waals surface area (Å²) >= 11 is 12.2. The number of nitrogens with zero attached hydrogens (tertiary/aromatic N) is 3. The number of pyridine rings is 1. The van der Waals surface area contributed by atoms with Crippen LogP contribution in [0.1, 0.15) is 46.1 Å². The van der Waals surface area contributed by atoms with Crippen molar-refractivity contribution in [1.82, 2.24) is 19.8 Å². The van der Waals surface area contributed by atoms with Crippen LogP contribution in [0.3, 0.4) is 0 Å². The number of hydrogen-bond acceptors (Lipinski definition) is 3. The van der Waals surface area contributed by atoms with Gasteiger partial charge in [0.2, 0.25) is 0 Å². The maximum Gasteiger partial charge on any atom is 0.170 e. The first-order valence-corrected chi connectivity index (χ1v) is 11.7. The fourth-order valence-electron chi connectivity index (χ4n) is 4.90. The van der Waals surface area contributed by atoms with Crippen molar-refractivity contribution in [3.8, 4) is 5.69 Å². The molecule has 1 aromatic carbocycles. The molecule has 0 amide bonds. The molecule has 168 valence electrons. The van der Waals surface area contributed by atoms with Gasteiger partial charge in [-0.25, -0.2) is 0 Å². The number of benzene rings is 1. The summed E-state index contributed by atoms with van der Waals surface area (Å²) in [4.78, 5) is 6.88. The van der Waals surface area contributed by atoms with Crippen molar-refractivity contribution in [1.29, 1.82) is 0 Å². The maximum atomic E-state index is 6.33. The van der Waals surface area contributed by atoms with E-state index in [1.807, 2.05) is 48.7 Å². The van der Waals surface area contributed by atoms with E-state index in [-0.39, 0.29) is 12.1 Å². The lowest BCUT2D eigenvalue weighted by Crippen LogP contribution is -2.29. The maximum absolute atomic E-state index is 6.33. The summed E-state index contributed by atoms with van der Waals surface area (Å²) in [5.41, 5.74) is 6.82. The highest BCUT2D eigenvalue weighted by Crippen LogP contribution is 2.44. The Morgan fingerprint density at radius 2 is 1.91 bits per heavy atom. The van der Waals surface area contributed by atoms with E-state index in [1.165, 1.54) is 16.8 Å². The number of aromatic nitrogens is 2. The summed E-state index contributed by atoms with van der Waals surface area (Å²) in [6.45, 7) is 7.08. The molecule has 1 saturated heterocycles. The molecule has 0 unspecified atom stereocenters. The fraction of sp³-hybridized carbons (Fsp3) is 0.231. The zero-order valence-electron chi connectivity index (χ0n) is 18.7. The smallest absolute Gasteiger partial charge is 0.170 e. The minimum atomic E-state index is -0.0827. The Balaban J connectivity index is 1.67. The summed E-state index contributed by atoms with van der Waals surface area (Å²) in [5, 5.41) is 4.95. The Labute approximate surface area is 204 Å². The van der Waals surface area contributed by atoms with Crippen molar-refractivity contribution >= 4 is 28.9 Å². The van der Waals surface area contributed by atoms with Crippen LogP contribution in [-0.2, 0) is 6.54 Å². The van der Waals surface area contributed by atoms with Crippen LogP contribution in [0, 0.1) is 20.8 Å². The first-order valence-electron chi connectivity index (χ1n) is 10.9. The van der Waals surface area contributed by atoms with Crippen molar-refractivity contribution in [2.24, 2.45) is 0 Å². The van der Waals surface area contributed by atoms with Crippen LogP contribution in [0.5, 0.6) is 0 Å². The van der Waals surface area contributed by atoms with Crippen LogP contribution < -0.4 is 5.32 Å². The lowest BCUT2D eigenvalue weighted by molar-refractivity contribution is 0.285. The van der Waals surface area contributed by atoms with Gasteiger partial charge >= 0.3 is 0 Å². The molecule has 0 saturated carbocycles. The quantitative estimate of drug-likeness (QED) is 0.346. The van der Waals surface area contributed by atoms with E-state index >= 15 is 0 Å². The van der Waals surface area contributed by atoms with Gasteiger partial charge in [0.05, 0.1) is 30.6 Å². The molecule has 1 aliphatic heterocycles. The summed E-state index contributed by atoms with van der Waals surface area (Å²) in [6.07, 6.45) is 3.53. The molecule has 0 bridgehead atoms. The Kier molecular flexibility index (Phi) is 5.72. The molecule has 4 aromatic rings. The third kappa shape index (κ3) is 3.83. The molecule has 2 atom stereocenters. The highest BCUT2D eigenvalue weighted by molar-refractivity contribution is 7.80. The summed E-state index contributed by atoms with van der Waals surface area (Å²) < 4.78 is 7.95. The minimum absolute atomic E-state index is 0.0448. The molecule has 1 aliphatic rings. The third-order valence-electron chi connectivity index (χ3n) is 6.47. The molecule has 5 nitrogen and oxygen atoms in total. The number of thiocarbonyl (C=S) groups is 1. The number of nitrogens with one attached hydrogen (secondary N) is 1. The number of hydrogen-bond donors (Lipinski definition) is 1. The molecule has 0 spiro atoms. The topological polar surface area (TPSA) is 46.2 Å². The molecule has 33 heavy (non-hydrogen) atoms. The summed E-state index contributed by atoms with van der Waals surface area (Å²) in [7, 11) is 0. The molecule has 0 radical (unpaired) electrons. The van der Waals surface area contributed by atoms with Crippen LogP contribution in [0.15, 0.2) is 71.5 Å². The minimum Gasteiger partial charge on any atom is -0.467 e. The zero-order valence-corrected chi connectivity index (χ0v) is 20.3. The van der Waals surface area contributed by atoms with Gasteiger partial charge in [0.15, 0.2) is 5.11 Å². The van der Waals surface area contributed by atoms with Gasteiger partial charge in [-0.3, -0.25) is 4.98 Å². The largest absolute Gasteiger partial charge is 0.467 e. The van der Waals surface area contributed by atoms with Gasteiger partial charge in [-0.2, -0.15) is 0 Å². The zero-order chi connectivity index (χ0) is 23.1. The lowest BCUT2D eigenvalue weighted by Gasteiger charge is -2.28. The molecule has 7 heteroatoms. The Morgan fingerprint density at radius 3 is 2.61 bits per heavy atom. The van der Waals surface area contributed by atoms with Gasteiger partial charge in [-0.15, -0.1) is 0 Å². The van der Waals surface area contributed by atoms with E-state index in [0.717, 1.165) is 22.8 Å². The van der Waals surface area contributed by atoms with E-state index in [0.29, 0.717) is 16.7 Å². The second-order valence-corrected chi connectivity index (χ2v) is 9.18. The van der Waals surface area contributed by atoms with Gasteiger partial charge < -0.3 is 19.2 Å². The third-order valence-corrected chi connectivity index (χ3v) is 7.06. The molecule has 3 aromatic heterocycles. The average molecular weight is 477 g/mol. The van der Waals surface area contributed by atoms with Crippen LogP contribution in [0.25, 0.3) is 5.69 Å². The SMILES string of the molecule is Cc1c([C@@H]2[C@H](c3ccccn3)NC(=S)N2Cc2ccco2)c(C)n(-c2cccc(Cl)c2)c1C. The molecule has 1 fully saturated rings. The summed E-state index contributed by atoms with van der Waals surface area (Å²) in [6, 6.07) is 17.7. The normalized spacial score (nSPS) is 18.1. The van der Waals surface area contributed by atoms with Crippen molar-refractivity contribution < 1.29 is 4.42 Å². The van der Waals surface area contributed by atoms with E-state index < -0.39 is 0 Å². The number of rotatable bonds is 5. The van der Waals surface area contributed by atoms with Crippen LogP contribution in [-0.4, -0.2) is 19.6 Å². The summed E-state index contributed by atoms with van der Waals surface area (Å²) in [5.74, 6) is 0.868. The Bertz CT molecular complexity index is 1300. The van der Waals surface area contributed by atoms with E-state index in [9.17, 15) is 0 Å². The van der Waals surface area contributed by atoms with Crippen LogP contribution >= 0.6 is 23.8 Å². The molecule has 1 N–H and O–H groups in total. The predicted octanol–water partition coefficient (Wildman–Crippen LogP) is 6.22. The van der Waals surface area contributed by atoms with Gasteiger partial charge in [0.25, 0.3) is 0 Å². The molecular formula is C26H25ClN4OS. The lowest BCUT2D eigenvalue weighted by atomic mass is 9.93. The van der Waals surface area contributed by atoms with E-state index in [4.69, 9.17) is 28.2 Å². The van der Waals surface area contributed by atoms with Gasteiger partial charge in [0.1, 0.15) is 5.76 Å². The van der Waals surface area contributed by atoms with E-state index in [1.54, 1.807) is 6.26 Å². The Morgan fingerprint density at radius 1 is 1.06 bits per heavy atom. The van der Waals surface area contributed by atoms with Gasteiger partial charge in [0, 0.05) is 33.9 Å². The molecule has 0 aliphatic carbocycles. The molecule has 5 rings (SSSR count). The first-order chi connectivity index (χ1) is 16.0. The van der Waals surface area contributed by atoms with Crippen molar-refractivity contribution in [2.75, 3.05) is 0 Å². The molecule has 4 heterocycles. The second-order valence-electron chi connectivity index (χ2n) is 8.36. The van der Waals surface area contributed by atoms with E-state index in [2.05, 4.69) is 52.7 Å². The van der Waals surface area contributed by atoms with Crippen LogP contribution in [0.2, 0.25) is 5.02 Å². The van der Waals surface area contributed by atoms with Gasteiger partial charge in [-0.05, 0) is 81.0 Å². The van der Waals surface area contributed by atoms with Crippen LogP contribution in [0.4, 0.5) is 0 Å². The number of furan rings is 1. The Hall–Kier alpha value is -3.09. The second kappa shape index (κ2) is 8.69. The fourth-order valence-corrected chi connectivity index (χ4v) is 5.39. The molecular weight excluding hydrogens is 452 g/mol. The van der Waals surface area contributed by atoms with Gasteiger partial charge in [-0.1, -0.05) is 23.7 Å². The van der Waals surface area contributed by atoms with Crippen molar-refractivity contribution in [2.45, 2.75) is 39.4 Å². The van der Waals surface area contributed by atoms with Crippen molar-refractivity contribution in [3.63, 3.8) is 0 Å².